The van der Waals surface area contributed by atoms with E-state index in [1.807, 2.05) is 32.5 Å². The second-order valence-electron chi connectivity index (χ2n) is 12.1. The third-order valence-electron chi connectivity index (χ3n) is 8.49. The van der Waals surface area contributed by atoms with E-state index in [9.17, 15) is 23.1 Å². The molecule has 0 heterocycles. The highest BCUT2D eigenvalue weighted by molar-refractivity contribution is 6.31. The number of likely N-dealkylation sites (N-methyl/N-ethyl adjacent to an activating group) is 1. The van der Waals surface area contributed by atoms with Crippen molar-refractivity contribution >= 4 is 44.1 Å². The van der Waals surface area contributed by atoms with Crippen molar-refractivity contribution in [3.63, 3.8) is 0 Å². The number of aliphatic hydroxyl groups excluding tert-OH is 1. The molecule has 0 aromatic heterocycles. The predicted octanol–water partition coefficient (Wildman–Crippen LogP) is 7.94. The van der Waals surface area contributed by atoms with Crippen molar-refractivity contribution in [2.75, 3.05) is 40.8 Å². The van der Waals surface area contributed by atoms with Crippen LogP contribution in [0.25, 0.3) is 0 Å². The third-order valence-corrected chi connectivity index (χ3v) is 8.84. The van der Waals surface area contributed by atoms with Crippen LogP contribution < -0.4 is 21.7 Å². The van der Waals surface area contributed by atoms with Gasteiger partial charge in [0.15, 0.2) is 0 Å². The fraction of sp³-hybridized carbons (Fsp3) is 0.500. The molecule has 2 amide bonds. The summed E-state index contributed by atoms with van der Waals surface area (Å²) in [5.74, 6) is -0.233. The zero-order valence-electron chi connectivity index (χ0n) is 36.0. The molecule has 0 atom stereocenters. The minimum Gasteiger partial charge on any atom is -0.511 e. The molecule has 0 aliphatic rings. The first-order valence-corrected chi connectivity index (χ1v) is 19.5. The first-order valence-electron chi connectivity index (χ1n) is 19.1. The van der Waals surface area contributed by atoms with Crippen molar-refractivity contribution in [1.29, 1.82) is 0 Å². The smallest absolute Gasteiger partial charge is 0.416 e. The number of nitrogens with two attached hydrogens (primary N) is 1. The number of allylic oxidation sites excluding steroid dienone is 3. The summed E-state index contributed by atoms with van der Waals surface area (Å²) < 4.78 is 39.1. The molecule has 12 nitrogen and oxygen atoms in total. The summed E-state index contributed by atoms with van der Waals surface area (Å²) in [6, 6.07) is 9.46. The average Bonchev–Trinajstić information content (AvgIpc) is 3.22. The number of hydrazone groups is 1. The molecule has 0 unspecified atom stereocenters. The molecule has 0 spiro atoms. The maximum atomic E-state index is 13.8. The van der Waals surface area contributed by atoms with E-state index in [1.54, 1.807) is 28.1 Å². The van der Waals surface area contributed by atoms with E-state index < -0.39 is 17.6 Å². The average molecular weight is 842 g/mol. The Kier molecular flexibility index (Phi) is 33.8. The molecule has 6 N–H and O–H groups in total. The van der Waals surface area contributed by atoms with Gasteiger partial charge in [0.1, 0.15) is 18.2 Å². The summed E-state index contributed by atoms with van der Waals surface area (Å²) in [4.78, 5) is 36.2. The van der Waals surface area contributed by atoms with E-state index in [0.29, 0.717) is 61.6 Å². The number of aliphatic imine (C=N–C) groups is 1. The number of nitrogens with zero attached hydrogens (tertiary/aromatic N) is 4. The first-order chi connectivity index (χ1) is 27.6. The van der Waals surface area contributed by atoms with Crippen LogP contribution in [-0.2, 0) is 40.1 Å². The molecule has 2 rings (SSSR count). The standard InChI is InChI=1S/C25H38ClF3N6O2.C13H19N.C2H6.CH3NO.CH2O/c1-7-21(32-5)23(34(14-12-30-3)13-8-9-22(36)17(2)31-4)24(37)35(33-6)16-18-10-11-19(15-20(18)26)25(27,28)29;1-4-5-7-12-8-6-9-13(10-14-3)11(12)2;1-2;2-1-3;1-2/h10-11,15,30-32,36H,6-9,12-14,16H2,1-5H3;6,8-9H,3-5,7,10H2,1-2H3;1-2H3;1H,(H2,2,3);1H2/b22-17+,23-21+;;;;. The topological polar surface area (TPSA) is 165 Å². The Morgan fingerprint density at radius 3 is 2.07 bits per heavy atom. The lowest BCUT2D eigenvalue weighted by molar-refractivity contribution is -0.137. The highest BCUT2D eigenvalue weighted by Gasteiger charge is 2.32. The van der Waals surface area contributed by atoms with Crippen LogP contribution in [0.5, 0.6) is 0 Å². The van der Waals surface area contributed by atoms with Gasteiger partial charge in [-0.05, 0) is 87.7 Å². The van der Waals surface area contributed by atoms with Crippen molar-refractivity contribution in [3.05, 3.63) is 92.1 Å². The number of aliphatic hydroxyl groups is 1. The molecule has 16 heteroatoms. The van der Waals surface area contributed by atoms with Crippen LogP contribution in [0.15, 0.2) is 69.3 Å². The van der Waals surface area contributed by atoms with Gasteiger partial charge in [-0.25, -0.2) is 5.01 Å². The van der Waals surface area contributed by atoms with E-state index in [-0.39, 0.29) is 23.7 Å². The number of halogens is 4. The van der Waals surface area contributed by atoms with Crippen LogP contribution in [0.2, 0.25) is 5.02 Å². The van der Waals surface area contributed by atoms with Crippen molar-refractivity contribution < 1.29 is 32.7 Å². The predicted molar refractivity (Wildman–Crippen MR) is 234 cm³/mol. The Labute approximate surface area is 349 Å². The van der Waals surface area contributed by atoms with Crippen LogP contribution in [-0.4, -0.2) is 88.3 Å². The largest absolute Gasteiger partial charge is 0.511 e. The second kappa shape index (κ2) is 34.2. The van der Waals surface area contributed by atoms with E-state index in [4.69, 9.17) is 21.2 Å². The van der Waals surface area contributed by atoms with Gasteiger partial charge in [-0.1, -0.05) is 70.0 Å². The first kappa shape index (κ1) is 57.4. The van der Waals surface area contributed by atoms with Crippen LogP contribution in [0.1, 0.15) is 94.5 Å². The molecule has 328 valence electrons. The zero-order valence-corrected chi connectivity index (χ0v) is 36.7. The van der Waals surface area contributed by atoms with Crippen LogP contribution in [0.3, 0.4) is 0 Å². The summed E-state index contributed by atoms with van der Waals surface area (Å²) in [6.45, 7) is 23.3. The number of amides is 2. The quantitative estimate of drug-likeness (QED) is 0.0295. The normalized spacial score (nSPS) is 11.1. The second-order valence-corrected chi connectivity index (χ2v) is 12.5. The molecule has 58 heavy (non-hydrogen) atoms. The third kappa shape index (κ3) is 21.6. The Morgan fingerprint density at radius 2 is 1.60 bits per heavy atom. The zero-order chi connectivity index (χ0) is 45.3. The number of rotatable bonds is 20. The van der Waals surface area contributed by atoms with Crippen molar-refractivity contribution in [2.24, 2.45) is 15.8 Å². The number of aryl methyl sites for hydroxylation is 1. The SMILES string of the molecule is C=NCc1cccc(CCCC)c1C.C=NN(Cc1ccc(C(F)(F)F)cc1Cl)C(=O)/C(=C(/CC)NC)N(CCC/C(O)=C(/C)NC)CCNC.C=O.CC.NC=O. The van der Waals surface area contributed by atoms with E-state index in [0.717, 1.165) is 23.7 Å². The summed E-state index contributed by atoms with van der Waals surface area (Å²) in [5, 5.41) is 24.1. The number of unbranched alkanes of at least 4 members (excludes halogenated alkanes) is 1. The number of alkyl halides is 3. The lowest BCUT2D eigenvalue weighted by Crippen LogP contribution is -2.41. The number of benzene rings is 2. The van der Waals surface area contributed by atoms with Gasteiger partial charge in [0, 0.05) is 63.3 Å². The molecule has 0 saturated heterocycles. The molecule has 0 aliphatic carbocycles. The molecule has 2 aromatic carbocycles. The van der Waals surface area contributed by atoms with Gasteiger partial charge in [0.05, 0.1) is 18.7 Å². The van der Waals surface area contributed by atoms with Crippen LogP contribution in [0.4, 0.5) is 13.2 Å². The van der Waals surface area contributed by atoms with E-state index >= 15 is 0 Å². The van der Waals surface area contributed by atoms with Gasteiger partial charge in [-0.2, -0.15) is 18.3 Å². The highest BCUT2D eigenvalue weighted by atomic mass is 35.5. The number of hydrogen-bond donors (Lipinski definition) is 5. The van der Waals surface area contributed by atoms with Crippen LogP contribution in [0, 0.1) is 6.92 Å². The Balaban J connectivity index is -0.00000118. The van der Waals surface area contributed by atoms with Gasteiger partial charge in [-0.3, -0.25) is 14.6 Å². The molecule has 0 bridgehead atoms. The van der Waals surface area contributed by atoms with Gasteiger partial charge >= 0.3 is 6.18 Å². The van der Waals surface area contributed by atoms with Crippen molar-refractivity contribution in [1.82, 2.24) is 25.9 Å². The van der Waals surface area contributed by atoms with E-state index in [2.05, 4.69) is 77.3 Å². The summed E-state index contributed by atoms with van der Waals surface area (Å²) in [7, 11) is 5.24. The van der Waals surface area contributed by atoms with E-state index in [1.165, 1.54) is 42.0 Å². The number of carbonyl (C=O) groups excluding carboxylic acids is 3. The number of primary amides is 1. The monoisotopic (exact) mass is 841 g/mol. The molecular formula is C42H68ClF3N8O4. The summed E-state index contributed by atoms with van der Waals surface area (Å²) in [6.07, 6.45) is 0.927. The van der Waals surface area contributed by atoms with Crippen molar-refractivity contribution in [2.45, 2.75) is 99.3 Å². The number of nitrogens with one attached hydrogen (secondary N) is 3. The highest BCUT2D eigenvalue weighted by Crippen LogP contribution is 2.32. The fourth-order valence-electron chi connectivity index (χ4n) is 5.26. The summed E-state index contributed by atoms with van der Waals surface area (Å²) in [5.41, 5.74) is 9.47. The van der Waals surface area contributed by atoms with Crippen molar-refractivity contribution in [3.8, 4) is 0 Å². The molecule has 2 aromatic rings. The molecule has 0 fully saturated rings. The van der Waals surface area contributed by atoms with Gasteiger partial charge < -0.3 is 36.5 Å². The van der Waals surface area contributed by atoms with Crippen LogP contribution >= 0.6 is 11.6 Å². The maximum Gasteiger partial charge on any atom is 0.416 e. The molecule has 0 radical (unpaired) electrons. The number of hydrogen-bond acceptors (Lipinski definition) is 10. The Hall–Kier alpha value is -4.89. The maximum absolute atomic E-state index is 13.8. The molecular weight excluding hydrogens is 773 g/mol. The van der Waals surface area contributed by atoms with Gasteiger partial charge in [0.25, 0.3) is 5.91 Å². The lowest BCUT2D eigenvalue weighted by atomic mass is 9.98. The minimum absolute atomic E-state index is 0.125. The number of carbonyl (C=O) groups is 3. The minimum atomic E-state index is -4.53. The van der Waals surface area contributed by atoms with Gasteiger partial charge in [0.2, 0.25) is 6.41 Å². The fourth-order valence-corrected chi connectivity index (χ4v) is 5.50. The molecule has 0 aliphatic heterocycles. The molecule has 0 saturated carbocycles. The Morgan fingerprint density at radius 1 is 1.00 bits per heavy atom. The van der Waals surface area contributed by atoms with Gasteiger partial charge in [-0.15, -0.1) is 0 Å². The Bertz CT molecular complexity index is 1550. The summed E-state index contributed by atoms with van der Waals surface area (Å²) >= 11 is 6.13. The lowest BCUT2D eigenvalue weighted by Gasteiger charge is -2.31.